The zero-order chi connectivity index (χ0) is 15.4. The molecule has 1 aliphatic carbocycles. The molecule has 1 unspecified atom stereocenters. The molecule has 0 spiro atoms. The highest BCUT2D eigenvalue weighted by Gasteiger charge is 2.27. The van der Waals surface area contributed by atoms with Crippen LogP contribution in [-0.4, -0.2) is 14.9 Å². The molecular weight excluding hydrogens is 260 g/mol. The molecule has 1 aromatic rings. The number of rotatable bonds is 6. The van der Waals surface area contributed by atoms with E-state index in [-0.39, 0.29) is 6.10 Å². The first-order valence-corrected chi connectivity index (χ1v) is 8.94. The lowest BCUT2D eigenvalue weighted by atomic mass is 9.84. The lowest BCUT2D eigenvalue weighted by Crippen LogP contribution is -2.20. The number of hydrogen-bond acceptors (Lipinski definition) is 2. The quantitative estimate of drug-likeness (QED) is 0.832. The first kappa shape index (κ1) is 16.5. The molecular formula is C18H32N2O. The molecule has 1 N–H and O–H groups in total. The fourth-order valence-corrected chi connectivity index (χ4v) is 3.84. The molecule has 21 heavy (non-hydrogen) atoms. The van der Waals surface area contributed by atoms with Crippen molar-refractivity contribution in [1.29, 1.82) is 0 Å². The van der Waals surface area contributed by atoms with Crippen molar-refractivity contribution in [2.45, 2.75) is 91.2 Å². The van der Waals surface area contributed by atoms with E-state index in [0.29, 0.717) is 6.04 Å². The molecule has 1 saturated carbocycles. The van der Waals surface area contributed by atoms with E-state index in [0.717, 1.165) is 36.4 Å². The maximum absolute atomic E-state index is 10.4. The molecule has 0 radical (unpaired) electrons. The average molecular weight is 292 g/mol. The van der Waals surface area contributed by atoms with E-state index in [4.69, 9.17) is 5.10 Å². The van der Waals surface area contributed by atoms with Gasteiger partial charge in [0.15, 0.2) is 0 Å². The Morgan fingerprint density at radius 2 is 1.76 bits per heavy atom. The lowest BCUT2D eigenvalue weighted by molar-refractivity contribution is 0.171. The smallest absolute Gasteiger partial charge is 0.0823 e. The van der Waals surface area contributed by atoms with E-state index in [1.807, 2.05) is 6.92 Å². The van der Waals surface area contributed by atoms with Crippen LogP contribution in [0.2, 0.25) is 0 Å². The Kier molecular flexibility index (Phi) is 5.86. The van der Waals surface area contributed by atoms with Gasteiger partial charge >= 0.3 is 0 Å². The van der Waals surface area contributed by atoms with E-state index in [1.165, 1.54) is 37.8 Å². The topological polar surface area (TPSA) is 38.0 Å². The second-order valence-corrected chi connectivity index (χ2v) is 6.47. The Balaban J connectivity index is 2.29. The minimum Gasteiger partial charge on any atom is -0.388 e. The second-order valence-electron chi connectivity index (χ2n) is 6.47. The van der Waals surface area contributed by atoms with Crippen molar-refractivity contribution in [1.82, 2.24) is 9.78 Å². The predicted octanol–water partition coefficient (Wildman–Crippen LogP) is 4.59. The Labute approximate surface area is 129 Å². The number of aryl methyl sites for hydroxylation is 1. The summed E-state index contributed by atoms with van der Waals surface area (Å²) in [5.74, 6) is 0.910. The third kappa shape index (κ3) is 3.33. The summed E-state index contributed by atoms with van der Waals surface area (Å²) in [5.41, 5.74) is 3.51. The van der Waals surface area contributed by atoms with E-state index in [2.05, 4.69) is 25.5 Å². The van der Waals surface area contributed by atoms with Crippen molar-refractivity contribution in [2.24, 2.45) is 5.92 Å². The fraction of sp³-hybridized carbons (Fsp3) is 0.833. The Morgan fingerprint density at radius 1 is 1.10 bits per heavy atom. The van der Waals surface area contributed by atoms with Gasteiger partial charge in [0.05, 0.1) is 17.8 Å². The van der Waals surface area contributed by atoms with Crippen molar-refractivity contribution in [3.05, 3.63) is 17.0 Å². The number of nitrogens with zero attached hydrogens (tertiary/aromatic N) is 2. The van der Waals surface area contributed by atoms with Crippen molar-refractivity contribution in [2.75, 3.05) is 0 Å². The summed E-state index contributed by atoms with van der Waals surface area (Å²) in [5, 5.41) is 15.3. The highest BCUT2D eigenvalue weighted by Crippen LogP contribution is 2.36. The molecule has 1 aliphatic rings. The van der Waals surface area contributed by atoms with Gasteiger partial charge in [-0.15, -0.1) is 0 Å². The molecule has 1 fully saturated rings. The fourth-order valence-electron chi connectivity index (χ4n) is 3.84. The molecule has 3 nitrogen and oxygen atoms in total. The zero-order valence-corrected chi connectivity index (χ0v) is 14.2. The van der Waals surface area contributed by atoms with Crippen LogP contribution < -0.4 is 0 Å². The Bertz CT molecular complexity index is 444. The summed E-state index contributed by atoms with van der Waals surface area (Å²) in [6, 6.07) is 0.547. The molecule has 1 heterocycles. The number of aromatic nitrogens is 2. The van der Waals surface area contributed by atoms with Crippen LogP contribution in [0.3, 0.4) is 0 Å². The van der Waals surface area contributed by atoms with Crippen molar-refractivity contribution < 1.29 is 5.11 Å². The van der Waals surface area contributed by atoms with Gasteiger partial charge in [0.1, 0.15) is 0 Å². The van der Waals surface area contributed by atoms with Crippen molar-refractivity contribution in [3.63, 3.8) is 0 Å². The van der Waals surface area contributed by atoms with Crippen LogP contribution in [0.5, 0.6) is 0 Å². The van der Waals surface area contributed by atoms with E-state index in [1.54, 1.807) is 0 Å². The summed E-state index contributed by atoms with van der Waals surface area (Å²) >= 11 is 0. The number of hydrogen-bond donors (Lipinski definition) is 1. The lowest BCUT2D eigenvalue weighted by Gasteiger charge is -2.29. The minimum atomic E-state index is -0.351. The highest BCUT2D eigenvalue weighted by atomic mass is 16.3. The first-order chi connectivity index (χ1) is 10.2. The van der Waals surface area contributed by atoms with Gasteiger partial charge in [-0.1, -0.05) is 34.1 Å². The second kappa shape index (κ2) is 7.44. The minimum absolute atomic E-state index is 0.351. The summed E-state index contributed by atoms with van der Waals surface area (Å²) in [4.78, 5) is 0. The summed E-state index contributed by atoms with van der Waals surface area (Å²) in [6.45, 7) is 8.69. The van der Waals surface area contributed by atoms with Gasteiger partial charge in [0.2, 0.25) is 0 Å². The van der Waals surface area contributed by atoms with E-state index >= 15 is 0 Å². The van der Waals surface area contributed by atoms with Gasteiger partial charge in [0.25, 0.3) is 0 Å². The molecule has 0 amide bonds. The van der Waals surface area contributed by atoms with Gasteiger partial charge in [-0.3, -0.25) is 4.68 Å². The van der Waals surface area contributed by atoms with Crippen LogP contribution in [0.4, 0.5) is 0 Å². The average Bonchev–Trinajstić information content (AvgIpc) is 2.92. The molecule has 1 atom stereocenters. The zero-order valence-electron chi connectivity index (χ0n) is 14.2. The Hall–Kier alpha value is -0.830. The van der Waals surface area contributed by atoms with Crippen LogP contribution >= 0.6 is 0 Å². The molecule has 0 aromatic carbocycles. The van der Waals surface area contributed by atoms with Gasteiger partial charge < -0.3 is 5.11 Å². The highest BCUT2D eigenvalue weighted by molar-refractivity contribution is 5.29. The monoisotopic (exact) mass is 292 g/mol. The van der Waals surface area contributed by atoms with Crippen molar-refractivity contribution >= 4 is 0 Å². The van der Waals surface area contributed by atoms with Crippen LogP contribution in [0.25, 0.3) is 0 Å². The SMILES string of the molecule is CCc1nn(C2CCC(CC)CC2)c(CC)c1C(O)CC. The van der Waals surface area contributed by atoms with Crippen molar-refractivity contribution in [3.8, 4) is 0 Å². The molecule has 2 rings (SSSR count). The third-order valence-electron chi connectivity index (χ3n) is 5.26. The van der Waals surface area contributed by atoms with Crippen LogP contribution in [-0.2, 0) is 12.8 Å². The maximum Gasteiger partial charge on any atom is 0.0823 e. The molecule has 3 heteroatoms. The largest absolute Gasteiger partial charge is 0.388 e. The van der Waals surface area contributed by atoms with Gasteiger partial charge in [0, 0.05) is 11.3 Å². The van der Waals surface area contributed by atoms with Crippen LogP contribution in [0, 0.1) is 5.92 Å². The summed E-state index contributed by atoms with van der Waals surface area (Å²) in [6.07, 6.45) is 8.77. The number of aliphatic hydroxyl groups is 1. The molecule has 0 saturated heterocycles. The van der Waals surface area contributed by atoms with Gasteiger partial charge in [-0.25, -0.2) is 0 Å². The predicted molar refractivity (Wildman–Crippen MR) is 87.5 cm³/mol. The van der Waals surface area contributed by atoms with Gasteiger partial charge in [-0.2, -0.15) is 5.10 Å². The molecule has 0 bridgehead atoms. The normalized spacial score (nSPS) is 24.2. The maximum atomic E-state index is 10.4. The summed E-state index contributed by atoms with van der Waals surface area (Å²) in [7, 11) is 0. The van der Waals surface area contributed by atoms with E-state index < -0.39 is 0 Å². The molecule has 1 aromatic heterocycles. The summed E-state index contributed by atoms with van der Waals surface area (Å²) < 4.78 is 2.28. The molecule has 0 aliphatic heterocycles. The van der Waals surface area contributed by atoms with Crippen LogP contribution in [0.1, 0.15) is 95.3 Å². The standard InChI is InChI=1S/C18H32N2O/c1-5-13-9-11-14(12-10-13)20-16(7-3)18(17(21)8-4)15(6-2)19-20/h13-14,17,21H,5-12H2,1-4H3. The van der Waals surface area contributed by atoms with Crippen LogP contribution in [0.15, 0.2) is 0 Å². The third-order valence-corrected chi connectivity index (χ3v) is 5.26. The first-order valence-electron chi connectivity index (χ1n) is 8.94. The number of aliphatic hydroxyl groups excluding tert-OH is 1. The Morgan fingerprint density at radius 3 is 2.24 bits per heavy atom. The van der Waals surface area contributed by atoms with E-state index in [9.17, 15) is 5.11 Å². The van der Waals surface area contributed by atoms with Gasteiger partial charge in [-0.05, 0) is 50.9 Å². The molecule has 120 valence electrons.